The summed E-state index contributed by atoms with van der Waals surface area (Å²) in [4.78, 5) is 2.48. The highest BCUT2D eigenvalue weighted by Crippen LogP contribution is 2.29. The highest BCUT2D eigenvalue weighted by molar-refractivity contribution is 7.89. The van der Waals surface area contributed by atoms with E-state index in [-0.39, 0.29) is 11.0 Å². The van der Waals surface area contributed by atoms with Crippen LogP contribution in [0.5, 0.6) is 0 Å². The minimum Gasteiger partial charge on any atom is -0.381 e. The van der Waals surface area contributed by atoms with Gasteiger partial charge in [0.2, 0.25) is 10.0 Å². The lowest BCUT2D eigenvalue weighted by molar-refractivity contribution is -0.0241. The summed E-state index contributed by atoms with van der Waals surface area (Å²) in [5.41, 5.74) is 0.682. The molecule has 1 unspecified atom stereocenters. The van der Waals surface area contributed by atoms with Crippen LogP contribution in [0.4, 0.5) is 5.69 Å². The molecule has 1 aromatic rings. The van der Waals surface area contributed by atoms with Crippen molar-refractivity contribution in [2.24, 2.45) is 5.14 Å². The van der Waals surface area contributed by atoms with Gasteiger partial charge in [0.15, 0.2) is 0 Å². The Hall–Kier alpha value is -0.860. The number of benzene rings is 1. The Kier molecular flexibility index (Phi) is 4.61. The third-order valence-electron chi connectivity index (χ3n) is 4.02. The van der Waals surface area contributed by atoms with Crippen LogP contribution in [-0.4, -0.2) is 51.7 Å². The molecule has 6 nitrogen and oxygen atoms in total. The smallest absolute Gasteiger partial charge is 0.238 e. The molecule has 1 saturated heterocycles. The number of sulfonamides is 1. The summed E-state index contributed by atoms with van der Waals surface area (Å²) in [7, 11) is -3.73. The van der Waals surface area contributed by atoms with Crippen molar-refractivity contribution in [1.82, 2.24) is 4.90 Å². The number of hydrogen-bond acceptors (Lipinski definition) is 5. The van der Waals surface area contributed by atoms with Gasteiger partial charge in [-0.2, -0.15) is 0 Å². The molecule has 2 aliphatic rings. The van der Waals surface area contributed by atoms with Crippen molar-refractivity contribution in [3.8, 4) is 0 Å². The number of rotatable bonds is 5. The number of morpholine rings is 1. The second kappa shape index (κ2) is 6.33. The van der Waals surface area contributed by atoms with Crippen LogP contribution in [0.2, 0.25) is 5.02 Å². The van der Waals surface area contributed by atoms with E-state index < -0.39 is 10.0 Å². The molecule has 1 aliphatic carbocycles. The van der Waals surface area contributed by atoms with Crippen LogP contribution in [0.25, 0.3) is 0 Å². The van der Waals surface area contributed by atoms with Crippen LogP contribution < -0.4 is 10.5 Å². The maximum atomic E-state index is 11.3. The predicted molar refractivity (Wildman–Crippen MR) is 85.6 cm³/mol. The zero-order valence-corrected chi connectivity index (χ0v) is 13.7. The molecule has 22 heavy (non-hydrogen) atoms. The topological polar surface area (TPSA) is 84.7 Å². The standard InChI is InChI=1S/C14H20ClN3O3S/c15-13-7-12(22(16,19)20)3-4-14(13)17-8-11-9-18(5-6-21-11)10-1-2-10/h3-4,7,10-11,17H,1-2,5-6,8-9H2,(H2,16,19,20). The molecule has 1 heterocycles. The molecule has 1 aromatic carbocycles. The molecule has 0 aromatic heterocycles. The monoisotopic (exact) mass is 345 g/mol. The van der Waals surface area contributed by atoms with Crippen molar-refractivity contribution in [3.63, 3.8) is 0 Å². The Bertz CT molecular complexity index is 649. The number of ether oxygens (including phenoxy) is 1. The fourth-order valence-corrected chi connectivity index (χ4v) is 3.53. The number of primary sulfonamides is 1. The Morgan fingerprint density at radius 2 is 2.18 bits per heavy atom. The summed E-state index contributed by atoms with van der Waals surface area (Å²) in [5.74, 6) is 0. The Morgan fingerprint density at radius 1 is 1.41 bits per heavy atom. The molecule has 0 amide bonds. The van der Waals surface area contributed by atoms with Crippen LogP contribution >= 0.6 is 11.6 Å². The summed E-state index contributed by atoms with van der Waals surface area (Å²) in [5, 5.41) is 8.64. The lowest BCUT2D eigenvalue weighted by Crippen LogP contribution is -2.46. The SMILES string of the molecule is NS(=O)(=O)c1ccc(NCC2CN(C3CC3)CCO2)c(Cl)c1. The predicted octanol–water partition coefficient (Wildman–Crippen LogP) is 1.26. The van der Waals surface area contributed by atoms with Crippen LogP contribution in [0.1, 0.15) is 12.8 Å². The number of hydrogen-bond donors (Lipinski definition) is 2. The summed E-state index contributed by atoms with van der Waals surface area (Å²) in [6.07, 6.45) is 2.70. The van der Waals surface area contributed by atoms with E-state index in [4.69, 9.17) is 21.5 Å². The lowest BCUT2D eigenvalue weighted by atomic mass is 10.2. The van der Waals surface area contributed by atoms with Crippen molar-refractivity contribution >= 4 is 27.3 Å². The summed E-state index contributed by atoms with van der Waals surface area (Å²) >= 11 is 6.11. The van der Waals surface area contributed by atoms with E-state index in [1.807, 2.05) is 0 Å². The van der Waals surface area contributed by atoms with Gasteiger partial charge in [-0.1, -0.05) is 11.6 Å². The van der Waals surface area contributed by atoms with E-state index in [9.17, 15) is 8.42 Å². The van der Waals surface area contributed by atoms with Crippen molar-refractivity contribution in [3.05, 3.63) is 23.2 Å². The van der Waals surface area contributed by atoms with E-state index in [2.05, 4.69) is 10.2 Å². The third-order valence-corrected chi connectivity index (χ3v) is 5.25. The molecule has 1 saturated carbocycles. The molecular formula is C14H20ClN3O3S. The van der Waals surface area contributed by atoms with Gasteiger partial charge in [-0.05, 0) is 31.0 Å². The zero-order valence-electron chi connectivity index (χ0n) is 12.2. The zero-order chi connectivity index (χ0) is 15.7. The fraction of sp³-hybridized carbons (Fsp3) is 0.571. The minimum atomic E-state index is -3.73. The number of nitrogens with two attached hydrogens (primary N) is 1. The number of anilines is 1. The highest BCUT2D eigenvalue weighted by Gasteiger charge is 2.32. The molecule has 0 spiro atoms. The first kappa shape index (κ1) is 16.0. The average molecular weight is 346 g/mol. The molecule has 1 atom stereocenters. The summed E-state index contributed by atoms with van der Waals surface area (Å²) in [6.45, 7) is 3.31. The largest absolute Gasteiger partial charge is 0.381 e. The maximum Gasteiger partial charge on any atom is 0.238 e. The van der Waals surface area contributed by atoms with Crippen molar-refractivity contribution in [1.29, 1.82) is 0 Å². The normalized spacial score (nSPS) is 23.5. The van der Waals surface area contributed by atoms with Gasteiger partial charge in [-0.25, -0.2) is 13.6 Å². The van der Waals surface area contributed by atoms with E-state index >= 15 is 0 Å². The molecule has 3 N–H and O–H groups in total. The van der Waals surface area contributed by atoms with Gasteiger partial charge in [-0.15, -0.1) is 0 Å². The Labute approximate surface area is 135 Å². The molecule has 122 valence electrons. The van der Waals surface area contributed by atoms with Gasteiger partial charge in [0.25, 0.3) is 0 Å². The fourth-order valence-electron chi connectivity index (χ4n) is 2.68. The summed E-state index contributed by atoms with van der Waals surface area (Å²) in [6, 6.07) is 5.17. The first-order valence-electron chi connectivity index (χ1n) is 7.35. The van der Waals surface area contributed by atoms with Crippen LogP contribution in [0.15, 0.2) is 23.1 Å². The van der Waals surface area contributed by atoms with E-state index in [0.717, 1.165) is 25.7 Å². The Balaban J connectivity index is 1.59. The third kappa shape index (κ3) is 3.91. The Morgan fingerprint density at radius 3 is 2.82 bits per heavy atom. The number of nitrogens with zero attached hydrogens (tertiary/aromatic N) is 1. The van der Waals surface area contributed by atoms with Crippen molar-refractivity contribution in [2.45, 2.75) is 29.9 Å². The second-order valence-corrected chi connectivity index (χ2v) is 7.76. The number of halogens is 1. The van der Waals surface area contributed by atoms with Gasteiger partial charge in [-0.3, -0.25) is 4.90 Å². The molecule has 0 radical (unpaired) electrons. The van der Waals surface area contributed by atoms with Gasteiger partial charge in [0, 0.05) is 25.7 Å². The van der Waals surface area contributed by atoms with Crippen LogP contribution in [0, 0.1) is 0 Å². The minimum absolute atomic E-state index is 0.0110. The molecule has 2 fully saturated rings. The lowest BCUT2D eigenvalue weighted by Gasteiger charge is -2.33. The molecule has 1 aliphatic heterocycles. The van der Waals surface area contributed by atoms with Gasteiger partial charge in [0.05, 0.1) is 28.3 Å². The van der Waals surface area contributed by atoms with Crippen LogP contribution in [-0.2, 0) is 14.8 Å². The highest BCUT2D eigenvalue weighted by atomic mass is 35.5. The molecule has 0 bridgehead atoms. The van der Waals surface area contributed by atoms with Gasteiger partial charge in [0.1, 0.15) is 0 Å². The first-order chi connectivity index (χ1) is 10.4. The van der Waals surface area contributed by atoms with Gasteiger partial charge >= 0.3 is 0 Å². The van der Waals surface area contributed by atoms with E-state index in [0.29, 0.717) is 17.3 Å². The van der Waals surface area contributed by atoms with E-state index in [1.54, 1.807) is 6.07 Å². The molecular weight excluding hydrogens is 326 g/mol. The van der Waals surface area contributed by atoms with Crippen molar-refractivity contribution < 1.29 is 13.2 Å². The average Bonchev–Trinajstić information content (AvgIpc) is 3.30. The molecule has 3 rings (SSSR count). The van der Waals surface area contributed by atoms with Gasteiger partial charge < -0.3 is 10.1 Å². The maximum absolute atomic E-state index is 11.3. The summed E-state index contributed by atoms with van der Waals surface area (Å²) < 4.78 is 28.3. The number of nitrogens with one attached hydrogen (secondary N) is 1. The first-order valence-corrected chi connectivity index (χ1v) is 9.28. The van der Waals surface area contributed by atoms with Crippen LogP contribution in [0.3, 0.4) is 0 Å². The quantitative estimate of drug-likeness (QED) is 0.839. The molecule has 8 heteroatoms. The second-order valence-electron chi connectivity index (χ2n) is 5.79. The van der Waals surface area contributed by atoms with Crippen molar-refractivity contribution in [2.75, 3.05) is 31.6 Å². The van der Waals surface area contributed by atoms with E-state index in [1.165, 1.54) is 25.0 Å².